The molecule has 1 N–H and O–H groups in total. The Hall–Kier alpha value is -0.950. The molecule has 1 aliphatic rings. The average Bonchev–Trinajstić information content (AvgIpc) is 2.45. The first kappa shape index (κ1) is 15.4. The third kappa shape index (κ3) is 4.56. The number of benzene rings is 1. The largest absolute Gasteiger partial charge is 0.379 e. The van der Waals surface area contributed by atoms with Gasteiger partial charge in [0.2, 0.25) is 10.0 Å². The lowest BCUT2D eigenvalue weighted by Crippen LogP contribution is -2.38. The Bertz CT molecular complexity index is 525. The van der Waals surface area contributed by atoms with Gasteiger partial charge in [0.25, 0.3) is 0 Å². The van der Waals surface area contributed by atoms with Crippen LogP contribution in [0.1, 0.15) is 12.0 Å². The molecule has 112 valence electrons. The highest BCUT2D eigenvalue weighted by Crippen LogP contribution is 2.10. The predicted molar refractivity (Wildman–Crippen MR) is 78.2 cm³/mol. The second-order valence-corrected chi connectivity index (χ2v) is 6.79. The van der Waals surface area contributed by atoms with Gasteiger partial charge >= 0.3 is 0 Å². The summed E-state index contributed by atoms with van der Waals surface area (Å²) in [5.74, 6) is 0. The Labute approximate surface area is 121 Å². The molecule has 0 aromatic heterocycles. The van der Waals surface area contributed by atoms with Crippen LogP contribution in [0.3, 0.4) is 0 Å². The van der Waals surface area contributed by atoms with E-state index in [-0.39, 0.29) is 0 Å². The van der Waals surface area contributed by atoms with Gasteiger partial charge in [-0.15, -0.1) is 0 Å². The third-order valence-electron chi connectivity index (χ3n) is 3.35. The van der Waals surface area contributed by atoms with Crippen LogP contribution in [-0.2, 0) is 14.8 Å². The Kier molecular flexibility index (Phi) is 5.54. The van der Waals surface area contributed by atoms with Crippen molar-refractivity contribution in [2.24, 2.45) is 0 Å². The minimum atomic E-state index is -3.38. The lowest BCUT2D eigenvalue weighted by atomic mass is 10.2. The van der Waals surface area contributed by atoms with Crippen LogP contribution in [0.4, 0.5) is 0 Å². The van der Waals surface area contributed by atoms with Crippen LogP contribution in [-0.4, -0.2) is 52.7 Å². The molecule has 0 aliphatic carbocycles. The quantitative estimate of drug-likeness (QED) is 0.796. The molecule has 1 saturated heterocycles. The first-order valence-corrected chi connectivity index (χ1v) is 8.43. The molecule has 1 aromatic carbocycles. The maximum absolute atomic E-state index is 12.1. The lowest BCUT2D eigenvalue weighted by molar-refractivity contribution is 0.0376. The standard InChI is InChI=1S/C14H22N2O3S/c1-13-4-2-5-14(12-13)20(17,18)15-6-3-7-16-8-10-19-11-9-16/h2,4-5,12,15H,3,6-11H2,1H3. The average molecular weight is 298 g/mol. The highest BCUT2D eigenvalue weighted by atomic mass is 32.2. The summed E-state index contributed by atoms with van der Waals surface area (Å²) in [5, 5.41) is 0. The maximum Gasteiger partial charge on any atom is 0.240 e. The summed E-state index contributed by atoms with van der Waals surface area (Å²) in [6.07, 6.45) is 0.811. The molecule has 1 fully saturated rings. The Morgan fingerprint density at radius 2 is 2.05 bits per heavy atom. The number of hydrogen-bond acceptors (Lipinski definition) is 4. The third-order valence-corrected chi connectivity index (χ3v) is 4.81. The molecule has 1 aromatic rings. The second kappa shape index (κ2) is 7.17. The Morgan fingerprint density at radius 1 is 1.30 bits per heavy atom. The van der Waals surface area contributed by atoms with E-state index in [0.29, 0.717) is 11.4 Å². The van der Waals surface area contributed by atoms with E-state index in [9.17, 15) is 8.42 Å². The van der Waals surface area contributed by atoms with E-state index < -0.39 is 10.0 Å². The highest BCUT2D eigenvalue weighted by Gasteiger charge is 2.14. The summed E-state index contributed by atoms with van der Waals surface area (Å²) in [7, 11) is -3.38. The first-order valence-electron chi connectivity index (χ1n) is 6.94. The lowest BCUT2D eigenvalue weighted by Gasteiger charge is -2.26. The number of rotatable bonds is 6. The molecule has 20 heavy (non-hydrogen) atoms. The summed E-state index contributed by atoms with van der Waals surface area (Å²) >= 11 is 0. The fraction of sp³-hybridized carbons (Fsp3) is 0.571. The first-order chi connectivity index (χ1) is 9.58. The van der Waals surface area contributed by atoms with Gasteiger partial charge in [0, 0.05) is 19.6 Å². The number of nitrogens with one attached hydrogen (secondary N) is 1. The Balaban J connectivity index is 1.78. The fourth-order valence-electron chi connectivity index (χ4n) is 2.20. The molecule has 0 bridgehead atoms. The van der Waals surface area contributed by atoms with E-state index >= 15 is 0 Å². The van der Waals surface area contributed by atoms with Gasteiger partial charge < -0.3 is 4.74 Å². The van der Waals surface area contributed by atoms with Gasteiger partial charge in [0.05, 0.1) is 18.1 Å². The van der Waals surface area contributed by atoms with E-state index in [1.54, 1.807) is 18.2 Å². The summed E-state index contributed by atoms with van der Waals surface area (Å²) in [6.45, 7) is 6.67. The van der Waals surface area contributed by atoms with Gasteiger partial charge in [-0.3, -0.25) is 4.90 Å². The van der Waals surface area contributed by atoms with E-state index in [1.165, 1.54) is 0 Å². The minimum absolute atomic E-state index is 0.337. The van der Waals surface area contributed by atoms with Gasteiger partial charge in [-0.05, 0) is 37.6 Å². The van der Waals surface area contributed by atoms with Crippen molar-refractivity contribution < 1.29 is 13.2 Å². The monoisotopic (exact) mass is 298 g/mol. The van der Waals surface area contributed by atoms with Crippen LogP contribution in [0.5, 0.6) is 0 Å². The topological polar surface area (TPSA) is 58.6 Å². The summed E-state index contributed by atoms with van der Waals surface area (Å²) in [6, 6.07) is 6.96. The van der Waals surface area contributed by atoms with Crippen molar-refractivity contribution in [2.45, 2.75) is 18.2 Å². The molecule has 6 heteroatoms. The van der Waals surface area contributed by atoms with Gasteiger partial charge in [-0.1, -0.05) is 12.1 Å². The van der Waals surface area contributed by atoms with Gasteiger partial charge in [-0.25, -0.2) is 13.1 Å². The molecule has 0 radical (unpaired) electrons. The zero-order valence-electron chi connectivity index (χ0n) is 11.8. The zero-order chi connectivity index (χ0) is 14.4. The fourth-order valence-corrected chi connectivity index (χ4v) is 3.38. The summed E-state index contributed by atoms with van der Waals surface area (Å²) in [5.41, 5.74) is 0.946. The molecule has 0 saturated carbocycles. The molecular formula is C14H22N2O3S. The van der Waals surface area contributed by atoms with Crippen LogP contribution in [0.2, 0.25) is 0 Å². The van der Waals surface area contributed by atoms with Crippen LogP contribution in [0.25, 0.3) is 0 Å². The van der Waals surface area contributed by atoms with Crippen LogP contribution in [0, 0.1) is 6.92 Å². The SMILES string of the molecule is Cc1cccc(S(=O)(=O)NCCCN2CCOCC2)c1. The number of hydrogen-bond donors (Lipinski definition) is 1. The van der Waals surface area contributed by atoms with E-state index in [1.807, 2.05) is 13.0 Å². The van der Waals surface area contributed by atoms with Gasteiger partial charge in [0.15, 0.2) is 0 Å². The molecule has 1 heterocycles. The molecule has 0 amide bonds. The van der Waals surface area contributed by atoms with Crippen molar-refractivity contribution in [2.75, 3.05) is 39.4 Å². The molecule has 0 unspecified atom stereocenters. The van der Waals surface area contributed by atoms with Crippen LogP contribution >= 0.6 is 0 Å². The van der Waals surface area contributed by atoms with E-state index in [2.05, 4.69) is 9.62 Å². The zero-order valence-corrected chi connectivity index (χ0v) is 12.7. The number of sulfonamides is 1. The van der Waals surface area contributed by atoms with E-state index in [0.717, 1.165) is 44.8 Å². The van der Waals surface area contributed by atoms with Crippen molar-refractivity contribution in [3.05, 3.63) is 29.8 Å². The van der Waals surface area contributed by atoms with Crippen molar-refractivity contribution >= 4 is 10.0 Å². The number of nitrogens with zero attached hydrogens (tertiary/aromatic N) is 1. The van der Waals surface area contributed by atoms with Gasteiger partial charge in [-0.2, -0.15) is 0 Å². The van der Waals surface area contributed by atoms with E-state index in [4.69, 9.17) is 4.74 Å². The summed E-state index contributed by atoms with van der Waals surface area (Å²) in [4.78, 5) is 2.63. The minimum Gasteiger partial charge on any atom is -0.379 e. The van der Waals surface area contributed by atoms with Crippen molar-refractivity contribution in [1.82, 2.24) is 9.62 Å². The van der Waals surface area contributed by atoms with Crippen LogP contribution in [0.15, 0.2) is 29.2 Å². The Morgan fingerprint density at radius 3 is 2.75 bits per heavy atom. The van der Waals surface area contributed by atoms with Crippen molar-refractivity contribution in [1.29, 1.82) is 0 Å². The van der Waals surface area contributed by atoms with Crippen LogP contribution < -0.4 is 4.72 Å². The molecular weight excluding hydrogens is 276 g/mol. The smallest absolute Gasteiger partial charge is 0.240 e. The van der Waals surface area contributed by atoms with Crippen molar-refractivity contribution in [3.8, 4) is 0 Å². The number of aryl methyl sites for hydroxylation is 1. The summed E-state index contributed by atoms with van der Waals surface area (Å²) < 4.78 is 32.1. The number of morpholine rings is 1. The molecule has 5 nitrogen and oxygen atoms in total. The number of ether oxygens (including phenoxy) is 1. The molecule has 0 spiro atoms. The molecule has 0 atom stereocenters. The molecule has 2 rings (SSSR count). The van der Waals surface area contributed by atoms with Gasteiger partial charge in [0.1, 0.15) is 0 Å². The molecule has 1 aliphatic heterocycles. The van der Waals surface area contributed by atoms with Crippen molar-refractivity contribution in [3.63, 3.8) is 0 Å². The maximum atomic E-state index is 12.1. The normalized spacial score (nSPS) is 17.2. The predicted octanol–water partition coefficient (Wildman–Crippen LogP) is 0.996. The second-order valence-electron chi connectivity index (χ2n) is 5.02. The highest BCUT2D eigenvalue weighted by molar-refractivity contribution is 7.89.